The molecule has 4 heteroatoms. The number of rotatable bonds is 4. The zero-order valence-electron chi connectivity index (χ0n) is 12.7. The van der Waals surface area contributed by atoms with Gasteiger partial charge in [0.25, 0.3) is 8.38 Å². The molecule has 0 amide bonds. The first-order valence-corrected chi connectivity index (χ1v) is 7.90. The molecule has 0 heterocycles. The summed E-state index contributed by atoms with van der Waals surface area (Å²) in [5, 5.41) is 0.880. The van der Waals surface area contributed by atoms with E-state index < -0.39 is 8.38 Å². The standard InChI is InChI=1S/C17H19O3P/c1-12-10-13(2)16(14(3)11-12)17(18)20-21(19-4)15-8-6-5-7-9-15/h5-11H,1-4H3. The predicted octanol–water partition coefficient (Wildman–Crippen LogP) is 4.05. The Morgan fingerprint density at radius 2 is 1.57 bits per heavy atom. The topological polar surface area (TPSA) is 35.5 Å². The van der Waals surface area contributed by atoms with Gasteiger partial charge in [-0.05, 0) is 44.0 Å². The van der Waals surface area contributed by atoms with Crippen LogP contribution >= 0.6 is 8.38 Å². The van der Waals surface area contributed by atoms with Crippen LogP contribution in [0.15, 0.2) is 42.5 Å². The highest BCUT2D eigenvalue weighted by molar-refractivity contribution is 7.56. The van der Waals surface area contributed by atoms with Crippen LogP contribution in [0.25, 0.3) is 0 Å². The molecule has 0 fully saturated rings. The Labute approximate surface area is 126 Å². The van der Waals surface area contributed by atoms with Crippen molar-refractivity contribution in [3.8, 4) is 0 Å². The highest BCUT2D eigenvalue weighted by atomic mass is 31.2. The van der Waals surface area contributed by atoms with Gasteiger partial charge in [-0.25, -0.2) is 4.79 Å². The van der Waals surface area contributed by atoms with E-state index in [1.165, 1.54) is 0 Å². The Morgan fingerprint density at radius 1 is 1.00 bits per heavy atom. The lowest BCUT2D eigenvalue weighted by atomic mass is 10.0. The summed E-state index contributed by atoms with van der Waals surface area (Å²) in [7, 11) is 0.158. The summed E-state index contributed by atoms with van der Waals surface area (Å²) in [5.74, 6) is -0.332. The molecule has 110 valence electrons. The van der Waals surface area contributed by atoms with Crippen molar-refractivity contribution in [2.24, 2.45) is 0 Å². The van der Waals surface area contributed by atoms with E-state index in [1.54, 1.807) is 7.11 Å². The monoisotopic (exact) mass is 302 g/mol. The van der Waals surface area contributed by atoms with Gasteiger partial charge in [-0.1, -0.05) is 35.9 Å². The van der Waals surface area contributed by atoms with Crippen molar-refractivity contribution >= 4 is 19.6 Å². The van der Waals surface area contributed by atoms with Crippen molar-refractivity contribution < 1.29 is 13.8 Å². The molecule has 0 aliphatic carbocycles. The molecule has 0 saturated carbocycles. The zero-order chi connectivity index (χ0) is 15.4. The van der Waals surface area contributed by atoms with Crippen LogP contribution in [0.1, 0.15) is 27.0 Å². The highest BCUT2D eigenvalue weighted by Crippen LogP contribution is 2.37. The zero-order valence-corrected chi connectivity index (χ0v) is 13.6. The molecule has 21 heavy (non-hydrogen) atoms. The number of aryl methyl sites for hydroxylation is 3. The number of hydrogen-bond donors (Lipinski definition) is 0. The Hall–Kier alpha value is -1.70. The lowest BCUT2D eigenvalue weighted by Gasteiger charge is -2.16. The van der Waals surface area contributed by atoms with Crippen molar-refractivity contribution in [2.75, 3.05) is 7.11 Å². The molecule has 3 nitrogen and oxygen atoms in total. The van der Waals surface area contributed by atoms with E-state index in [4.69, 9.17) is 9.05 Å². The van der Waals surface area contributed by atoms with Gasteiger partial charge >= 0.3 is 5.97 Å². The third-order valence-electron chi connectivity index (χ3n) is 3.18. The molecule has 0 spiro atoms. The highest BCUT2D eigenvalue weighted by Gasteiger charge is 2.21. The van der Waals surface area contributed by atoms with Crippen molar-refractivity contribution in [1.82, 2.24) is 0 Å². The summed E-state index contributed by atoms with van der Waals surface area (Å²) >= 11 is 0. The first-order chi connectivity index (χ1) is 10.0. The van der Waals surface area contributed by atoms with E-state index in [0.29, 0.717) is 5.56 Å². The fraction of sp³-hybridized carbons (Fsp3) is 0.235. The summed E-state index contributed by atoms with van der Waals surface area (Å²) in [6.07, 6.45) is 0. The van der Waals surface area contributed by atoms with Crippen LogP contribution in [0.5, 0.6) is 0 Å². The second-order valence-corrected chi connectivity index (χ2v) is 6.51. The smallest absolute Gasteiger partial charge is 0.343 e. The van der Waals surface area contributed by atoms with Crippen LogP contribution in [0.3, 0.4) is 0 Å². The van der Waals surface area contributed by atoms with Gasteiger partial charge in [-0.15, -0.1) is 0 Å². The molecule has 0 aliphatic heterocycles. The molecule has 0 bridgehead atoms. The quantitative estimate of drug-likeness (QED) is 0.799. The van der Waals surface area contributed by atoms with Crippen molar-refractivity contribution in [1.29, 1.82) is 0 Å². The molecule has 0 aliphatic rings. The second kappa shape index (κ2) is 6.84. The molecule has 2 rings (SSSR count). The molecular formula is C17H19O3P. The average Bonchev–Trinajstić information content (AvgIpc) is 2.44. The Bertz CT molecular complexity index is 615. The van der Waals surface area contributed by atoms with Crippen molar-refractivity contribution in [3.05, 3.63) is 64.7 Å². The van der Waals surface area contributed by atoms with Gasteiger partial charge in [0, 0.05) is 12.4 Å². The van der Waals surface area contributed by atoms with Gasteiger partial charge in [0.05, 0.1) is 5.56 Å². The van der Waals surface area contributed by atoms with Gasteiger partial charge in [0.15, 0.2) is 0 Å². The van der Waals surface area contributed by atoms with Gasteiger partial charge < -0.3 is 9.05 Å². The lowest BCUT2D eigenvalue weighted by Crippen LogP contribution is -2.12. The second-order valence-electron chi connectivity index (χ2n) is 4.93. The first-order valence-electron chi connectivity index (χ1n) is 6.72. The number of benzene rings is 2. The fourth-order valence-electron chi connectivity index (χ4n) is 2.37. The van der Waals surface area contributed by atoms with Gasteiger partial charge in [-0.3, -0.25) is 0 Å². The van der Waals surface area contributed by atoms with Crippen molar-refractivity contribution in [2.45, 2.75) is 20.8 Å². The third kappa shape index (κ3) is 3.69. The minimum Gasteiger partial charge on any atom is -0.409 e. The van der Waals surface area contributed by atoms with E-state index >= 15 is 0 Å². The van der Waals surface area contributed by atoms with Crippen LogP contribution in [-0.4, -0.2) is 13.1 Å². The number of carbonyl (C=O) groups is 1. The molecule has 0 radical (unpaired) electrons. The maximum Gasteiger partial charge on any atom is 0.343 e. The average molecular weight is 302 g/mol. The summed E-state index contributed by atoms with van der Waals surface area (Å²) in [4.78, 5) is 12.5. The number of carbonyl (C=O) groups excluding carboxylic acids is 1. The SMILES string of the molecule is COP(OC(=O)c1c(C)cc(C)cc1C)c1ccccc1. The molecule has 2 aromatic rings. The van der Waals surface area contributed by atoms with E-state index in [9.17, 15) is 4.79 Å². The van der Waals surface area contributed by atoms with E-state index in [0.717, 1.165) is 22.0 Å². The lowest BCUT2D eigenvalue weighted by molar-refractivity contribution is 0.0735. The van der Waals surface area contributed by atoms with E-state index in [1.807, 2.05) is 63.2 Å². The van der Waals surface area contributed by atoms with Crippen LogP contribution in [0, 0.1) is 20.8 Å². The molecule has 0 aromatic heterocycles. The van der Waals surface area contributed by atoms with Crippen LogP contribution < -0.4 is 5.30 Å². The van der Waals surface area contributed by atoms with E-state index in [2.05, 4.69) is 0 Å². The molecule has 2 aromatic carbocycles. The molecule has 1 unspecified atom stereocenters. The van der Waals surface area contributed by atoms with Crippen LogP contribution in [0.2, 0.25) is 0 Å². The Balaban J connectivity index is 2.25. The maximum absolute atomic E-state index is 12.5. The van der Waals surface area contributed by atoms with Gasteiger partial charge in [0.2, 0.25) is 0 Å². The predicted molar refractivity (Wildman–Crippen MR) is 86.1 cm³/mol. The summed E-state index contributed by atoms with van der Waals surface area (Å²) in [6.45, 7) is 5.86. The van der Waals surface area contributed by atoms with Gasteiger partial charge in [-0.2, -0.15) is 0 Å². The fourth-order valence-corrected chi connectivity index (χ4v) is 3.42. The molecule has 1 atom stereocenters. The third-order valence-corrected chi connectivity index (χ3v) is 4.56. The maximum atomic E-state index is 12.5. The van der Waals surface area contributed by atoms with Crippen LogP contribution in [0.4, 0.5) is 0 Å². The van der Waals surface area contributed by atoms with Crippen LogP contribution in [-0.2, 0) is 9.05 Å². The number of hydrogen-bond acceptors (Lipinski definition) is 3. The molecular weight excluding hydrogens is 283 g/mol. The summed E-state index contributed by atoms with van der Waals surface area (Å²) < 4.78 is 10.9. The first kappa shape index (κ1) is 15.7. The normalized spacial score (nSPS) is 12.0. The largest absolute Gasteiger partial charge is 0.409 e. The minimum absolute atomic E-state index is 0.332. The minimum atomic E-state index is -1.40. The molecule has 0 saturated heterocycles. The summed E-state index contributed by atoms with van der Waals surface area (Å²) in [6, 6.07) is 13.5. The van der Waals surface area contributed by atoms with Crippen molar-refractivity contribution in [3.63, 3.8) is 0 Å². The Morgan fingerprint density at radius 3 is 2.10 bits per heavy atom. The molecule has 0 N–H and O–H groups in total. The Kier molecular flexibility index (Phi) is 5.11. The van der Waals surface area contributed by atoms with E-state index in [-0.39, 0.29) is 5.97 Å². The summed E-state index contributed by atoms with van der Waals surface area (Å²) in [5.41, 5.74) is 3.62. The van der Waals surface area contributed by atoms with Gasteiger partial charge in [0.1, 0.15) is 0 Å².